The van der Waals surface area contributed by atoms with Crippen LogP contribution in [0.2, 0.25) is 0 Å². The first-order valence-electron chi connectivity index (χ1n) is 9.94. The summed E-state index contributed by atoms with van der Waals surface area (Å²) in [6.07, 6.45) is 3.21. The van der Waals surface area contributed by atoms with Crippen LogP contribution in [0.5, 0.6) is 0 Å². The van der Waals surface area contributed by atoms with Crippen LogP contribution in [0.3, 0.4) is 0 Å². The van der Waals surface area contributed by atoms with Gasteiger partial charge in [0.15, 0.2) is 0 Å². The number of aromatic nitrogens is 2. The molecule has 150 valence electrons. The molecule has 0 spiro atoms. The Morgan fingerprint density at radius 2 is 1.75 bits per heavy atom. The van der Waals surface area contributed by atoms with Crippen LogP contribution < -0.4 is 10.2 Å². The van der Waals surface area contributed by atoms with Crippen molar-refractivity contribution in [3.05, 3.63) is 41.7 Å². The molecule has 1 N–H and O–H groups in total. The maximum atomic E-state index is 12.6. The second-order valence-electron chi connectivity index (χ2n) is 7.19. The van der Waals surface area contributed by atoms with Gasteiger partial charge in [0.2, 0.25) is 5.95 Å². The molecule has 2 aromatic rings. The largest absolute Gasteiger partial charge is 0.372 e. The van der Waals surface area contributed by atoms with Crippen molar-refractivity contribution in [2.75, 3.05) is 56.5 Å². The summed E-state index contributed by atoms with van der Waals surface area (Å²) in [5, 5.41) is 3.25. The lowest BCUT2D eigenvalue weighted by Crippen LogP contribution is -2.47. The number of carbonyl (C=O) groups excluding carboxylic acids is 1. The molecule has 1 aromatic carbocycles. The summed E-state index contributed by atoms with van der Waals surface area (Å²) in [7, 11) is 2.07. The fraction of sp³-hybridized carbons (Fsp3) is 0.476. The average molecular weight is 383 g/mol. The molecule has 0 unspecified atom stereocenters. The standard InChI is InChI=1S/C21H30N6O/c1-5-26(6-2)18-7-8-19(16(3)13-18)24-21-22-14-17(15-23-21)20(28)27-11-9-25(4)10-12-27/h7-8,13-15H,5-6,9-12H2,1-4H3,(H,22,23,24). The first-order chi connectivity index (χ1) is 13.5. The predicted octanol–water partition coefficient (Wildman–Crippen LogP) is 2.76. The molecule has 1 saturated heterocycles. The van der Waals surface area contributed by atoms with E-state index in [1.54, 1.807) is 12.4 Å². The van der Waals surface area contributed by atoms with Crippen LogP contribution in [0.25, 0.3) is 0 Å². The third kappa shape index (κ3) is 4.59. The van der Waals surface area contributed by atoms with E-state index in [2.05, 4.69) is 71.1 Å². The third-order valence-electron chi connectivity index (χ3n) is 5.27. The minimum Gasteiger partial charge on any atom is -0.372 e. The summed E-state index contributed by atoms with van der Waals surface area (Å²) in [6, 6.07) is 6.32. The summed E-state index contributed by atoms with van der Waals surface area (Å²) in [6.45, 7) is 11.6. The van der Waals surface area contributed by atoms with Crippen LogP contribution in [-0.2, 0) is 0 Å². The zero-order valence-electron chi connectivity index (χ0n) is 17.3. The molecule has 1 fully saturated rings. The molecule has 1 aliphatic heterocycles. The Morgan fingerprint density at radius 1 is 1.11 bits per heavy atom. The molecule has 1 aliphatic rings. The Balaban J connectivity index is 1.66. The summed E-state index contributed by atoms with van der Waals surface area (Å²) in [5.41, 5.74) is 3.84. The van der Waals surface area contributed by atoms with E-state index in [1.165, 1.54) is 5.69 Å². The van der Waals surface area contributed by atoms with Crippen molar-refractivity contribution < 1.29 is 4.79 Å². The van der Waals surface area contributed by atoms with Crippen LogP contribution in [-0.4, -0.2) is 72.0 Å². The van der Waals surface area contributed by atoms with Crippen molar-refractivity contribution in [2.45, 2.75) is 20.8 Å². The van der Waals surface area contributed by atoms with Crippen LogP contribution in [0, 0.1) is 6.92 Å². The minimum atomic E-state index is -0.000550. The summed E-state index contributed by atoms with van der Waals surface area (Å²) < 4.78 is 0. The van der Waals surface area contributed by atoms with Gasteiger partial charge in [-0.25, -0.2) is 9.97 Å². The van der Waals surface area contributed by atoms with Gasteiger partial charge in [-0.2, -0.15) is 0 Å². The number of hydrogen-bond donors (Lipinski definition) is 1. The van der Waals surface area contributed by atoms with E-state index in [0.29, 0.717) is 11.5 Å². The van der Waals surface area contributed by atoms with Gasteiger partial charge < -0.3 is 20.0 Å². The summed E-state index contributed by atoms with van der Waals surface area (Å²) >= 11 is 0. The van der Waals surface area contributed by atoms with E-state index < -0.39 is 0 Å². The van der Waals surface area contributed by atoms with Crippen molar-refractivity contribution >= 4 is 23.2 Å². The van der Waals surface area contributed by atoms with Crippen LogP contribution >= 0.6 is 0 Å². The lowest BCUT2D eigenvalue weighted by Gasteiger charge is -2.32. The minimum absolute atomic E-state index is 0.000550. The number of anilines is 3. The molecule has 0 aliphatic carbocycles. The fourth-order valence-electron chi connectivity index (χ4n) is 3.39. The quantitative estimate of drug-likeness (QED) is 0.829. The number of hydrogen-bond acceptors (Lipinski definition) is 6. The molecular formula is C21H30N6O. The highest BCUT2D eigenvalue weighted by molar-refractivity contribution is 5.93. The second-order valence-corrected chi connectivity index (χ2v) is 7.19. The van der Waals surface area contributed by atoms with Gasteiger partial charge in [0.05, 0.1) is 5.56 Å². The number of carbonyl (C=O) groups is 1. The van der Waals surface area contributed by atoms with Gasteiger partial charge in [-0.15, -0.1) is 0 Å². The summed E-state index contributed by atoms with van der Waals surface area (Å²) in [5.74, 6) is 0.494. The molecule has 1 amide bonds. The first kappa shape index (κ1) is 20.1. The number of amides is 1. The highest BCUT2D eigenvalue weighted by Gasteiger charge is 2.20. The zero-order chi connectivity index (χ0) is 20.1. The SMILES string of the molecule is CCN(CC)c1ccc(Nc2ncc(C(=O)N3CCN(C)CC3)cn2)c(C)c1. The van der Waals surface area contributed by atoms with E-state index in [1.807, 2.05) is 4.90 Å². The van der Waals surface area contributed by atoms with Gasteiger partial charge in [-0.05, 0) is 51.6 Å². The van der Waals surface area contributed by atoms with Crippen LogP contribution in [0.4, 0.5) is 17.3 Å². The van der Waals surface area contributed by atoms with Crippen molar-refractivity contribution in [3.63, 3.8) is 0 Å². The number of aryl methyl sites for hydroxylation is 1. The number of piperazine rings is 1. The molecule has 0 saturated carbocycles. The maximum absolute atomic E-state index is 12.6. The zero-order valence-corrected chi connectivity index (χ0v) is 17.3. The van der Waals surface area contributed by atoms with E-state index in [0.717, 1.165) is 50.5 Å². The monoisotopic (exact) mass is 382 g/mol. The van der Waals surface area contributed by atoms with Crippen LogP contribution in [0.1, 0.15) is 29.8 Å². The van der Waals surface area contributed by atoms with Gasteiger partial charge in [0.25, 0.3) is 5.91 Å². The van der Waals surface area contributed by atoms with E-state index in [-0.39, 0.29) is 5.91 Å². The second kappa shape index (κ2) is 9.01. The molecule has 28 heavy (non-hydrogen) atoms. The van der Waals surface area contributed by atoms with Crippen LogP contribution in [0.15, 0.2) is 30.6 Å². The topological polar surface area (TPSA) is 64.6 Å². The first-order valence-corrected chi connectivity index (χ1v) is 9.94. The molecule has 1 aromatic heterocycles. The normalized spacial score (nSPS) is 14.8. The highest BCUT2D eigenvalue weighted by atomic mass is 16.2. The third-order valence-corrected chi connectivity index (χ3v) is 5.27. The Hall–Kier alpha value is -2.67. The lowest BCUT2D eigenvalue weighted by atomic mass is 10.1. The van der Waals surface area contributed by atoms with Gasteiger partial charge in [0, 0.05) is 63.0 Å². The smallest absolute Gasteiger partial charge is 0.257 e. The van der Waals surface area contributed by atoms with Crippen molar-refractivity contribution in [3.8, 4) is 0 Å². The number of likely N-dealkylation sites (N-methyl/N-ethyl adjacent to an activating group) is 1. The molecule has 0 bridgehead atoms. The number of benzene rings is 1. The Bertz CT molecular complexity index is 795. The number of rotatable bonds is 6. The molecular weight excluding hydrogens is 352 g/mol. The molecule has 7 nitrogen and oxygen atoms in total. The number of nitrogens with zero attached hydrogens (tertiary/aromatic N) is 5. The molecule has 3 rings (SSSR count). The van der Waals surface area contributed by atoms with Crippen molar-refractivity contribution in [2.24, 2.45) is 0 Å². The molecule has 0 atom stereocenters. The highest BCUT2D eigenvalue weighted by Crippen LogP contribution is 2.24. The van der Waals surface area contributed by atoms with Crippen molar-refractivity contribution in [1.29, 1.82) is 0 Å². The average Bonchev–Trinajstić information content (AvgIpc) is 2.71. The Morgan fingerprint density at radius 3 is 2.32 bits per heavy atom. The maximum Gasteiger partial charge on any atom is 0.257 e. The molecule has 7 heteroatoms. The van der Waals surface area contributed by atoms with Gasteiger partial charge >= 0.3 is 0 Å². The molecule has 2 heterocycles. The predicted molar refractivity (Wildman–Crippen MR) is 113 cm³/mol. The Labute approximate surface area is 167 Å². The van der Waals surface area contributed by atoms with Gasteiger partial charge in [-0.3, -0.25) is 4.79 Å². The number of nitrogens with one attached hydrogen (secondary N) is 1. The molecule has 0 radical (unpaired) electrons. The fourth-order valence-corrected chi connectivity index (χ4v) is 3.39. The van der Waals surface area contributed by atoms with E-state index in [4.69, 9.17) is 0 Å². The lowest BCUT2D eigenvalue weighted by molar-refractivity contribution is 0.0663. The van der Waals surface area contributed by atoms with Crippen molar-refractivity contribution in [1.82, 2.24) is 19.8 Å². The van der Waals surface area contributed by atoms with E-state index >= 15 is 0 Å². The van der Waals surface area contributed by atoms with Gasteiger partial charge in [-0.1, -0.05) is 0 Å². The Kier molecular flexibility index (Phi) is 6.46. The summed E-state index contributed by atoms with van der Waals surface area (Å²) in [4.78, 5) is 27.7. The van der Waals surface area contributed by atoms with E-state index in [9.17, 15) is 4.79 Å². The van der Waals surface area contributed by atoms with Gasteiger partial charge in [0.1, 0.15) is 0 Å².